The second kappa shape index (κ2) is 7.79. The van der Waals surface area contributed by atoms with Gasteiger partial charge in [-0.1, -0.05) is 32.8 Å². The molecule has 1 saturated carbocycles. The average molecular weight is 294 g/mol. The minimum absolute atomic E-state index is 0.109. The van der Waals surface area contributed by atoms with E-state index in [-0.39, 0.29) is 5.91 Å². The summed E-state index contributed by atoms with van der Waals surface area (Å²) >= 11 is 1.79. The second-order valence-corrected chi connectivity index (χ2v) is 7.10. The lowest BCUT2D eigenvalue weighted by Gasteiger charge is -2.23. The molecular weight excluding hydrogens is 268 g/mol. The second-order valence-electron chi connectivity index (χ2n) is 6.12. The Labute approximate surface area is 126 Å². The number of carbonyl (C=O) groups excluding carboxylic acids is 1. The van der Waals surface area contributed by atoms with Crippen molar-refractivity contribution < 1.29 is 4.79 Å². The van der Waals surface area contributed by atoms with Gasteiger partial charge in [0.25, 0.3) is 0 Å². The van der Waals surface area contributed by atoms with Gasteiger partial charge in [0.2, 0.25) is 5.91 Å². The maximum Gasteiger partial charge on any atom is 0.233 e. The Balaban J connectivity index is 1.86. The number of carbonyl (C=O) groups is 1. The molecule has 1 aromatic rings. The van der Waals surface area contributed by atoms with E-state index in [0.29, 0.717) is 24.4 Å². The topological polar surface area (TPSA) is 41.1 Å². The Morgan fingerprint density at radius 3 is 2.75 bits per heavy atom. The molecule has 3 nitrogen and oxygen atoms in total. The summed E-state index contributed by atoms with van der Waals surface area (Å²) in [5.74, 6) is 1.30. The third-order valence-corrected chi connectivity index (χ3v) is 4.87. The number of hydrogen-bond donors (Lipinski definition) is 2. The minimum atomic E-state index is 0.109. The van der Waals surface area contributed by atoms with Crippen LogP contribution < -0.4 is 10.6 Å². The third kappa shape index (κ3) is 4.60. The zero-order valence-corrected chi connectivity index (χ0v) is 13.3. The highest BCUT2D eigenvalue weighted by atomic mass is 32.1. The molecule has 20 heavy (non-hydrogen) atoms. The van der Waals surface area contributed by atoms with E-state index in [1.165, 1.54) is 30.6 Å². The molecular formula is C16H26N2OS. The molecule has 2 N–H and O–H groups in total. The van der Waals surface area contributed by atoms with Gasteiger partial charge in [0, 0.05) is 17.5 Å². The molecule has 1 aromatic heterocycles. The van der Waals surface area contributed by atoms with Crippen LogP contribution in [0.5, 0.6) is 0 Å². The maximum atomic E-state index is 11.9. The quantitative estimate of drug-likeness (QED) is 0.810. The van der Waals surface area contributed by atoms with E-state index in [9.17, 15) is 4.79 Å². The molecule has 0 aliphatic heterocycles. The van der Waals surface area contributed by atoms with Crippen LogP contribution in [0.4, 0.5) is 0 Å². The molecule has 1 aliphatic rings. The zero-order valence-electron chi connectivity index (χ0n) is 12.5. The standard InChI is InChI=1S/C16H26N2OS/c1-12(2)10-17-15(19)11-18-16(13-6-3-4-7-13)14-8-5-9-20-14/h5,8-9,12-13,16,18H,3-4,6-7,10-11H2,1-2H3,(H,17,19). The Bertz CT molecular complexity index is 397. The Morgan fingerprint density at radius 1 is 1.40 bits per heavy atom. The summed E-state index contributed by atoms with van der Waals surface area (Å²) in [7, 11) is 0. The van der Waals surface area contributed by atoms with Gasteiger partial charge in [-0.05, 0) is 36.1 Å². The van der Waals surface area contributed by atoms with Gasteiger partial charge < -0.3 is 10.6 Å². The van der Waals surface area contributed by atoms with Gasteiger partial charge in [0.1, 0.15) is 0 Å². The van der Waals surface area contributed by atoms with E-state index in [4.69, 9.17) is 0 Å². The van der Waals surface area contributed by atoms with E-state index in [0.717, 1.165) is 6.54 Å². The number of nitrogens with one attached hydrogen (secondary N) is 2. The van der Waals surface area contributed by atoms with Crippen molar-refractivity contribution in [1.29, 1.82) is 0 Å². The molecule has 4 heteroatoms. The SMILES string of the molecule is CC(C)CNC(=O)CNC(c1cccs1)C1CCCC1. The fourth-order valence-electron chi connectivity index (χ4n) is 2.84. The van der Waals surface area contributed by atoms with Gasteiger partial charge in [0.15, 0.2) is 0 Å². The van der Waals surface area contributed by atoms with Crippen molar-refractivity contribution in [3.8, 4) is 0 Å². The largest absolute Gasteiger partial charge is 0.355 e. The van der Waals surface area contributed by atoms with Crippen molar-refractivity contribution in [3.63, 3.8) is 0 Å². The molecule has 1 heterocycles. The van der Waals surface area contributed by atoms with E-state index < -0.39 is 0 Å². The van der Waals surface area contributed by atoms with E-state index in [1.54, 1.807) is 11.3 Å². The highest BCUT2D eigenvalue weighted by Crippen LogP contribution is 2.37. The van der Waals surface area contributed by atoms with Crippen LogP contribution in [0.2, 0.25) is 0 Å². The van der Waals surface area contributed by atoms with Crippen molar-refractivity contribution >= 4 is 17.2 Å². The monoisotopic (exact) mass is 294 g/mol. The molecule has 1 atom stereocenters. The molecule has 112 valence electrons. The fourth-order valence-corrected chi connectivity index (χ4v) is 3.74. The first-order valence-electron chi connectivity index (χ1n) is 7.70. The summed E-state index contributed by atoms with van der Waals surface area (Å²) in [4.78, 5) is 13.2. The lowest BCUT2D eigenvalue weighted by atomic mass is 9.96. The van der Waals surface area contributed by atoms with Crippen molar-refractivity contribution in [2.24, 2.45) is 11.8 Å². The first-order chi connectivity index (χ1) is 9.66. The maximum absolute atomic E-state index is 11.9. The van der Waals surface area contributed by atoms with Gasteiger partial charge in [-0.15, -0.1) is 11.3 Å². The molecule has 0 spiro atoms. The number of thiophene rings is 1. The highest BCUT2D eigenvalue weighted by molar-refractivity contribution is 7.10. The van der Waals surface area contributed by atoms with Crippen LogP contribution in [0.3, 0.4) is 0 Å². The molecule has 0 aromatic carbocycles. The number of rotatable bonds is 7. The summed E-state index contributed by atoms with van der Waals surface area (Å²) < 4.78 is 0. The van der Waals surface area contributed by atoms with E-state index in [1.807, 2.05) is 0 Å². The zero-order chi connectivity index (χ0) is 14.4. The molecule has 0 bridgehead atoms. The summed E-state index contributed by atoms with van der Waals surface area (Å²) in [5, 5.41) is 8.58. The van der Waals surface area contributed by atoms with E-state index >= 15 is 0 Å². The van der Waals surface area contributed by atoms with Crippen molar-refractivity contribution in [3.05, 3.63) is 22.4 Å². The van der Waals surface area contributed by atoms with Crippen LogP contribution in [0.15, 0.2) is 17.5 Å². The lowest BCUT2D eigenvalue weighted by molar-refractivity contribution is -0.120. The third-order valence-electron chi connectivity index (χ3n) is 3.91. The highest BCUT2D eigenvalue weighted by Gasteiger charge is 2.27. The van der Waals surface area contributed by atoms with Crippen LogP contribution in [0.25, 0.3) is 0 Å². The van der Waals surface area contributed by atoms with Crippen LogP contribution in [-0.2, 0) is 4.79 Å². The van der Waals surface area contributed by atoms with Gasteiger partial charge >= 0.3 is 0 Å². The van der Waals surface area contributed by atoms with Crippen molar-refractivity contribution in [2.75, 3.05) is 13.1 Å². The predicted octanol–water partition coefficient (Wildman–Crippen LogP) is 3.34. The first-order valence-corrected chi connectivity index (χ1v) is 8.58. The molecule has 1 fully saturated rings. The van der Waals surface area contributed by atoms with E-state index in [2.05, 4.69) is 42.0 Å². The van der Waals surface area contributed by atoms with Crippen LogP contribution in [0, 0.1) is 11.8 Å². The van der Waals surface area contributed by atoms with Gasteiger partial charge in [0.05, 0.1) is 6.54 Å². The summed E-state index contributed by atoms with van der Waals surface area (Å²) in [6, 6.07) is 4.64. The van der Waals surface area contributed by atoms with Crippen molar-refractivity contribution in [2.45, 2.75) is 45.6 Å². The summed E-state index contributed by atoms with van der Waals surface area (Å²) in [6.07, 6.45) is 5.22. The van der Waals surface area contributed by atoms with Crippen molar-refractivity contribution in [1.82, 2.24) is 10.6 Å². The Morgan fingerprint density at radius 2 is 2.15 bits per heavy atom. The molecule has 1 aliphatic carbocycles. The smallest absolute Gasteiger partial charge is 0.233 e. The predicted molar refractivity (Wildman–Crippen MR) is 84.9 cm³/mol. The minimum Gasteiger partial charge on any atom is -0.355 e. The number of amides is 1. The first kappa shape index (κ1) is 15.5. The molecule has 0 radical (unpaired) electrons. The Kier molecular flexibility index (Phi) is 6.05. The lowest BCUT2D eigenvalue weighted by Crippen LogP contribution is -2.38. The molecule has 2 rings (SSSR count). The number of hydrogen-bond acceptors (Lipinski definition) is 3. The summed E-state index contributed by atoms with van der Waals surface area (Å²) in [6.45, 7) is 5.40. The van der Waals surface area contributed by atoms with Crippen LogP contribution in [-0.4, -0.2) is 19.0 Å². The Hall–Kier alpha value is -0.870. The molecule has 1 unspecified atom stereocenters. The van der Waals surface area contributed by atoms with Crippen LogP contribution >= 0.6 is 11.3 Å². The fraction of sp³-hybridized carbons (Fsp3) is 0.688. The van der Waals surface area contributed by atoms with Gasteiger partial charge in [-0.3, -0.25) is 4.79 Å². The average Bonchev–Trinajstić information content (AvgIpc) is 3.09. The van der Waals surface area contributed by atoms with Crippen LogP contribution in [0.1, 0.15) is 50.4 Å². The molecule has 0 saturated heterocycles. The van der Waals surface area contributed by atoms with Gasteiger partial charge in [-0.25, -0.2) is 0 Å². The summed E-state index contributed by atoms with van der Waals surface area (Å²) in [5.41, 5.74) is 0. The molecule has 1 amide bonds. The normalized spacial score (nSPS) is 17.6. The van der Waals surface area contributed by atoms with Gasteiger partial charge in [-0.2, -0.15) is 0 Å².